The zero-order valence-electron chi connectivity index (χ0n) is 17.0. The summed E-state index contributed by atoms with van der Waals surface area (Å²) in [6.07, 6.45) is 6.32. The first kappa shape index (κ1) is 19.8. The van der Waals surface area contributed by atoms with Gasteiger partial charge in [0.05, 0.1) is 0 Å². The highest BCUT2D eigenvalue weighted by atomic mass is 32.2. The highest BCUT2D eigenvalue weighted by Gasteiger charge is 2.34. The summed E-state index contributed by atoms with van der Waals surface area (Å²) < 4.78 is 24.0. The third-order valence-corrected chi connectivity index (χ3v) is 7.35. The molecule has 5 rings (SSSR count). The van der Waals surface area contributed by atoms with Crippen LogP contribution in [-0.2, 0) is 22.3 Å². The first-order valence-electron chi connectivity index (χ1n) is 10.7. The maximum atomic E-state index is 12.6. The molecule has 0 aromatic carbocycles. The van der Waals surface area contributed by atoms with Crippen LogP contribution in [0.2, 0.25) is 0 Å². The van der Waals surface area contributed by atoms with E-state index in [2.05, 4.69) is 15.2 Å². The van der Waals surface area contributed by atoms with Gasteiger partial charge in [-0.3, -0.25) is 0 Å². The molecule has 5 heterocycles. The van der Waals surface area contributed by atoms with Crippen molar-refractivity contribution in [3.8, 4) is 5.88 Å². The number of fused-ring (bicyclic) bond motifs is 1. The van der Waals surface area contributed by atoms with Gasteiger partial charge in [0.25, 0.3) is 0 Å². The molecular formula is C21H27N5O3S. The van der Waals surface area contributed by atoms with Crippen LogP contribution in [0, 0.1) is 0 Å². The summed E-state index contributed by atoms with van der Waals surface area (Å²) in [6, 6.07) is 6.03. The van der Waals surface area contributed by atoms with Crippen molar-refractivity contribution in [3.05, 3.63) is 30.1 Å². The second-order valence-electron chi connectivity index (χ2n) is 7.95. The molecule has 1 N–H and O–H groups in total. The molecule has 1 unspecified atom stereocenters. The summed E-state index contributed by atoms with van der Waals surface area (Å²) in [5.41, 5.74) is 0.930. The summed E-state index contributed by atoms with van der Waals surface area (Å²) in [6.45, 7) is 3.17. The van der Waals surface area contributed by atoms with Gasteiger partial charge in [-0.15, -0.1) is 0 Å². The Labute approximate surface area is 179 Å². The summed E-state index contributed by atoms with van der Waals surface area (Å²) in [5.74, 6) is 2.80. The highest BCUT2D eigenvalue weighted by Crippen LogP contribution is 2.34. The Morgan fingerprint density at radius 2 is 1.97 bits per heavy atom. The van der Waals surface area contributed by atoms with Gasteiger partial charge in [0.1, 0.15) is 17.6 Å². The predicted molar refractivity (Wildman–Crippen MR) is 115 cm³/mol. The second kappa shape index (κ2) is 8.95. The van der Waals surface area contributed by atoms with Gasteiger partial charge in [-0.05, 0) is 30.1 Å². The van der Waals surface area contributed by atoms with Gasteiger partial charge in [0, 0.05) is 63.9 Å². The van der Waals surface area contributed by atoms with E-state index in [1.54, 1.807) is 6.20 Å². The van der Waals surface area contributed by atoms with Crippen molar-refractivity contribution in [2.24, 2.45) is 0 Å². The number of nitrogens with zero attached hydrogens (tertiary/aromatic N) is 4. The molecular weight excluding hydrogens is 402 g/mol. The summed E-state index contributed by atoms with van der Waals surface area (Å²) in [4.78, 5) is 16.9. The number of aryl methyl sites for hydroxylation is 1. The van der Waals surface area contributed by atoms with Crippen molar-refractivity contribution >= 4 is 22.9 Å². The fourth-order valence-electron chi connectivity index (χ4n) is 4.22. The van der Waals surface area contributed by atoms with Crippen LogP contribution < -0.4 is 15.0 Å². The van der Waals surface area contributed by atoms with E-state index in [1.807, 2.05) is 18.2 Å². The molecule has 30 heavy (non-hydrogen) atoms. The number of hydrogen-bond donors (Lipinski definition) is 1. The molecule has 2 fully saturated rings. The minimum Gasteiger partial charge on any atom is -0.611 e. The van der Waals surface area contributed by atoms with E-state index in [0.717, 1.165) is 80.8 Å². The van der Waals surface area contributed by atoms with Crippen molar-refractivity contribution in [2.45, 2.75) is 49.1 Å². The second-order valence-corrected chi connectivity index (χ2v) is 9.46. The fraction of sp³-hybridized carbons (Fsp3) is 0.571. The van der Waals surface area contributed by atoms with Crippen LogP contribution in [-0.4, -0.2) is 63.7 Å². The number of aromatic nitrogens is 3. The summed E-state index contributed by atoms with van der Waals surface area (Å²) in [5, 5.41) is 3.55. The lowest BCUT2D eigenvalue weighted by Gasteiger charge is -2.32. The molecule has 3 aliphatic heterocycles. The van der Waals surface area contributed by atoms with Crippen LogP contribution in [0.15, 0.2) is 29.3 Å². The lowest BCUT2D eigenvalue weighted by molar-refractivity contribution is 0.0903. The molecule has 2 aromatic rings. The SMILES string of the molecule is [O-][S+]1CCc2nc(N3CCC(Oc4ccccn4)CC3)nc(NC3CCOCC3)c21. The standard InChI is InChI=1S/C21H27N5O3S/c27-30-14-8-17-19(30)20(23-15-6-12-28-13-7-15)25-21(24-17)26-10-4-16(5-11-26)29-18-3-1-2-9-22-18/h1-3,9,15-16H,4-8,10-14H2,(H,23,24,25). The smallest absolute Gasteiger partial charge is 0.227 e. The number of piperidine rings is 1. The quantitative estimate of drug-likeness (QED) is 0.723. The van der Waals surface area contributed by atoms with Crippen LogP contribution in [0.3, 0.4) is 0 Å². The highest BCUT2D eigenvalue weighted by molar-refractivity contribution is 7.91. The molecule has 1 atom stereocenters. The largest absolute Gasteiger partial charge is 0.611 e. The van der Waals surface area contributed by atoms with Crippen LogP contribution in [0.1, 0.15) is 31.4 Å². The first-order chi connectivity index (χ1) is 14.8. The first-order valence-corrected chi connectivity index (χ1v) is 12.0. The molecule has 2 saturated heterocycles. The molecule has 0 bridgehead atoms. The molecule has 0 aliphatic carbocycles. The van der Waals surface area contributed by atoms with Crippen molar-refractivity contribution in [1.29, 1.82) is 0 Å². The Morgan fingerprint density at radius 1 is 1.13 bits per heavy atom. The van der Waals surface area contributed by atoms with E-state index in [4.69, 9.17) is 19.4 Å². The molecule has 8 nitrogen and oxygen atoms in total. The Hall–Kier alpha value is -2.10. The van der Waals surface area contributed by atoms with E-state index in [9.17, 15) is 4.55 Å². The van der Waals surface area contributed by atoms with Gasteiger partial charge in [-0.1, -0.05) is 6.07 Å². The Balaban J connectivity index is 1.29. The van der Waals surface area contributed by atoms with Gasteiger partial charge in [-0.2, -0.15) is 4.98 Å². The molecule has 3 aliphatic rings. The number of anilines is 2. The zero-order chi connectivity index (χ0) is 20.3. The van der Waals surface area contributed by atoms with Crippen molar-refractivity contribution in [3.63, 3.8) is 0 Å². The van der Waals surface area contributed by atoms with Gasteiger partial charge in [0.2, 0.25) is 16.7 Å². The van der Waals surface area contributed by atoms with E-state index < -0.39 is 11.2 Å². The Bertz CT molecular complexity index is 857. The molecule has 0 spiro atoms. The third kappa shape index (κ3) is 4.33. The number of hydrogen-bond acceptors (Lipinski definition) is 8. The summed E-state index contributed by atoms with van der Waals surface area (Å²) in [7, 11) is 0. The normalized spacial score (nSPS) is 22.7. The van der Waals surface area contributed by atoms with Gasteiger partial charge < -0.3 is 24.2 Å². The van der Waals surface area contributed by atoms with Crippen molar-refractivity contribution in [1.82, 2.24) is 15.0 Å². The minimum atomic E-state index is -1.02. The maximum absolute atomic E-state index is 12.6. The number of rotatable bonds is 5. The summed E-state index contributed by atoms with van der Waals surface area (Å²) >= 11 is -1.02. The molecule has 0 radical (unpaired) electrons. The zero-order valence-corrected chi connectivity index (χ0v) is 17.8. The van der Waals surface area contributed by atoms with E-state index >= 15 is 0 Å². The molecule has 2 aromatic heterocycles. The van der Waals surface area contributed by atoms with Crippen LogP contribution >= 0.6 is 0 Å². The van der Waals surface area contributed by atoms with Crippen molar-refractivity contribution in [2.75, 3.05) is 42.3 Å². The molecule has 160 valence electrons. The molecule has 0 saturated carbocycles. The van der Waals surface area contributed by atoms with Crippen LogP contribution in [0.25, 0.3) is 0 Å². The van der Waals surface area contributed by atoms with E-state index in [1.165, 1.54) is 0 Å². The molecule has 9 heteroatoms. The monoisotopic (exact) mass is 429 g/mol. The van der Waals surface area contributed by atoms with Crippen molar-refractivity contribution < 1.29 is 14.0 Å². The fourth-order valence-corrected chi connectivity index (χ4v) is 5.53. The maximum Gasteiger partial charge on any atom is 0.227 e. The van der Waals surface area contributed by atoms with Crippen LogP contribution in [0.5, 0.6) is 5.88 Å². The third-order valence-electron chi connectivity index (χ3n) is 5.89. The number of nitrogens with one attached hydrogen (secondary N) is 1. The average Bonchev–Trinajstić information content (AvgIpc) is 3.17. The predicted octanol–water partition coefficient (Wildman–Crippen LogP) is 2.17. The topological polar surface area (TPSA) is 95.5 Å². The van der Waals surface area contributed by atoms with E-state index in [-0.39, 0.29) is 6.10 Å². The van der Waals surface area contributed by atoms with Gasteiger partial charge >= 0.3 is 0 Å². The number of ether oxygens (including phenoxy) is 2. The Morgan fingerprint density at radius 3 is 2.73 bits per heavy atom. The minimum absolute atomic E-state index is 0.151. The number of pyridine rings is 1. The lowest BCUT2D eigenvalue weighted by atomic mass is 10.1. The van der Waals surface area contributed by atoms with Gasteiger partial charge in [-0.25, -0.2) is 9.97 Å². The van der Waals surface area contributed by atoms with Gasteiger partial charge in [0.15, 0.2) is 5.82 Å². The van der Waals surface area contributed by atoms with Crippen LogP contribution in [0.4, 0.5) is 11.8 Å². The lowest BCUT2D eigenvalue weighted by Crippen LogP contribution is -2.39. The molecule has 0 amide bonds. The average molecular weight is 430 g/mol. The Kier molecular flexibility index (Phi) is 5.92. The van der Waals surface area contributed by atoms with E-state index in [0.29, 0.717) is 17.7 Å².